The summed E-state index contributed by atoms with van der Waals surface area (Å²) in [5.74, 6) is -0.865. The number of nitrogens with zero attached hydrogens (tertiary/aromatic N) is 4. The summed E-state index contributed by atoms with van der Waals surface area (Å²) in [6.45, 7) is 1.35. The molecule has 1 aromatic carbocycles. The third-order valence-corrected chi connectivity index (χ3v) is 4.93. The van der Waals surface area contributed by atoms with Crippen molar-refractivity contribution >= 4 is 27.5 Å². The normalized spacial score (nSPS) is 17.1. The number of nitrogens with one attached hydrogen (secondary N) is 1. The fourth-order valence-corrected chi connectivity index (χ4v) is 3.65. The monoisotopic (exact) mass is 411 g/mol. The van der Waals surface area contributed by atoms with Crippen LogP contribution < -0.4 is 15.0 Å². The van der Waals surface area contributed by atoms with Crippen molar-refractivity contribution in [3.05, 3.63) is 29.8 Å². The number of halogens is 3. The predicted octanol–water partition coefficient (Wildman–Crippen LogP) is 3.36. The molecule has 1 N–H and O–H groups in total. The number of nitriles is 1. The SMILES string of the molecule is N#CC1CCCN(c2nnc(NC(=O)Cc3cccc(OC(F)(F)F)c3)s2)C1. The van der Waals surface area contributed by atoms with Gasteiger partial charge in [-0.3, -0.25) is 4.79 Å². The van der Waals surface area contributed by atoms with Crippen LogP contribution in [0.2, 0.25) is 0 Å². The summed E-state index contributed by atoms with van der Waals surface area (Å²) in [6.07, 6.45) is -3.19. The zero-order valence-corrected chi connectivity index (χ0v) is 15.4. The second-order valence-electron chi connectivity index (χ2n) is 6.22. The Kier molecular flexibility index (Phi) is 5.99. The van der Waals surface area contributed by atoms with Gasteiger partial charge < -0.3 is 15.0 Å². The van der Waals surface area contributed by atoms with Crippen LogP contribution in [0.5, 0.6) is 5.75 Å². The minimum atomic E-state index is -4.79. The molecule has 0 bridgehead atoms. The van der Waals surface area contributed by atoms with E-state index in [0.717, 1.165) is 25.5 Å². The van der Waals surface area contributed by atoms with E-state index in [9.17, 15) is 18.0 Å². The van der Waals surface area contributed by atoms with E-state index >= 15 is 0 Å². The minimum Gasteiger partial charge on any atom is -0.406 e. The average molecular weight is 411 g/mol. The van der Waals surface area contributed by atoms with Crippen LogP contribution in [0.3, 0.4) is 0 Å². The summed E-state index contributed by atoms with van der Waals surface area (Å²) >= 11 is 1.19. The van der Waals surface area contributed by atoms with Crippen LogP contribution in [0.25, 0.3) is 0 Å². The topological polar surface area (TPSA) is 91.1 Å². The second kappa shape index (κ2) is 8.43. The number of ether oxygens (including phenoxy) is 1. The van der Waals surface area contributed by atoms with Gasteiger partial charge in [0.25, 0.3) is 0 Å². The number of hydrogen-bond donors (Lipinski definition) is 1. The lowest BCUT2D eigenvalue weighted by Crippen LogP contribution is -2.34. The molecule has 1 saturated heterocycles. The standard InChI is InChI=1S/C17H16F3N5O2S/c18-17(19,20)27-13-5-1-3-11(7-13)8-14(26)22-15-23-24-16(28-15)25-6-2-4-12(9-21)10-25/h1,3,5,7,12H,2,4,6,8,10H2,(H,22,23,26). The number of carbonyl (C=O) groups excluding carboxylic acids is 1. The van der Waals surface area contributed by atoms with Gasteiger partial charge in [-0.15, -0.1) is 23.4 Å². The molecule has 0 aliphatic carbocycles. The van der Waals surface area contributed by atoms with E-state index in [-0.39, 0.29) is 18.1 Å². The Labute approximate surface area is 162 Å². The van der Waals surface area contributed by atoms with Gasteiger partial charge >= 0.3 is 6.36 Å². The molecule has 7 nitrogen and oxygen atoms in total. The number of hydrogen-bond acceptors (Lipinski definition) is 7. The Morgan fingerprint density at radius 1 is 1.43 bits per heavy atom. The van der Waals surface area contributed by atoms with Crippen LogP contribution >= 0.6 is 11.3 Å². The Balaban J connectivity index is 1.58. The number of carbonyl (C=O) groups is 1. The summed E-state index contributed by atoms with van der Waals surface area (Å²) < 4.78 is 40.7. The predicted molar refractivity (Wildman–Crippen MR) is 95.9 cm³/mol. The molecule has 1 unspecified atom stereocenters. The van der Waals surface area contributed by atoms with Crippen molar-refractivity contribution in [1.82, 2.24) is 10.2 Å². The zero-order valence-electron chi connectivity index (χ0n) is 14.6. The van der Waals surface area contributed by atoms with E-state index in [2.05, 4.69) is 26.3 Å². The first-order chi connectivity index (χ1) is 13.3. The van der Waals surface area contributed by atoms with Gasteiger partial charge in [-0.25, -0.2) is 0 Å². The molecule has 1 atom stereocenters. The maximum Gasteiger partial charge on any atom is 0.573 e. The first-order valence-corrected chi connectivity index (χ1v) is 9.26. The lowest BCUT2D eigenvalue weighted by Gasteiger charge is -2.28. The molecule has 0 saturated carbocycles. The maximum atomic E-state index is 12.3. The lowest BCUT2D eigenvalue weighted by molar-refractivity contribution is -0.274. The van der Waals surface area contributed by atoms with E-state index in [0.29, 0.717) is 22.4 Å². The number of aromatic nitrogens is 2. The van der Waals surface area contributed by atoms with Crippen LogP contribution in [0, 0.1) is 17.2 Å². The van der Waals surface area contributed by atoms with E-state index in [1.807, 2.05) is 4.90 Å². The summed E-state index contributed by atoms with van der Waals surface area (Å²) in [6, 6.07) is 7.50. The third-order valence-electron chi connectivity index (χ3n) is 4.03. The fourth-order valence-electron chi connectivity index (χ4n) is 2.85. The maximum absolute atomic E-state index is 12.3. The molecule has 148 valence electrons. The van der Waals surface area contributed by atoms with E-state index in [4.69, 9.17) is 5.26 Å². The summed E-state index contributed by atoms with van der Waals surface area (Å²) in [7, 11) is 0. The first-order valence-electron chi connectivity index (χ1n) is 8.45. The Hall–Kier alpha value is -2.87. The highest BCUT2D eigenvalue weighted by Gasteiger charge is 2.31. The van der Waals surface area contributed by atoms with Crippen LogP contribution in [0.4, 0.5) is 23.4 Å². The van der Waals surface area contributed by atoms with Gasteiger partial charge in [-0.2, -0.15) is 5.26 Å². The van der Waals surface area contributed by atoms with Gasteiger partial charge in [0.15, 0.2) is 0 Å². The number of amides is 1. The van der Waals surface area contributed by atoms with Gasteiger partial charge in [0.2, 0.25) is 16.2 Å². The molecule has 1 amide bonds. The van der Waals surface area contributed by atoms with Crippen molar-refractivity contribution in [2.75, 3.05) is 23.3 Å². The first kappa shape index (κ1) is 19.9. The van der Waals surface area contributed by atoms with Gasteiger partial charge in [0.05, 0.1) is 18.4 Å². The Bertz CT molecular complexity index is 880. The largest absolute Gasteiger partial charge is 0.573 e. The average Bonchev–Trinajstić information content (AvgIpc) is 3.09. The van der Waals surface area contributed by atoms with Crippen LogP contribution in [0.1, 0.15) is 18.4 Å². The summed E-state index contributed by atoms with van der Waals surface area (Å²) in [5.41, 5.74) is 0.372. The fraction of sp³-hybridized carbons (Fsp3) is 0.412. The molecule has 1 fully saturated rings. The highest BCUT2D eigenvalue weighted by molar-refractivity contribution is 7.19. The van der Waals surface area contributed by atoms with Gasteiger partial charge in [-0.1, -0.05) is 23.5 Å². The Morgan fingerprint density at radius 3 is 3.00 bits per heavy atom. The molecule has 11 heteroatoms. The van der Waals surface area contributed by atoms with Crippen molar-refractivity contribution in [1.29, 1.82) is 5.26 Å². The number of benzene rings is 1. The van der Waals surface area contributed by atoms with Gasteiger partial charge in [0, 0.05) is 13.1 Å². The highest BCUT2D eigenvalue weighted by Crippen LogP contribution is 2.28. The van der Waals surface area contributed by atoms with Crippen LogP contribution in [0.15, 0.2) is 24.3 Å². The minimum absolute atomic E-state index is 0.0538. The number of alkyl halides is 3. The molecule has 0 radical (unpaired) electrons. The number of anilines is 2. The quantitative estimate of drug-likeness (QED) is 0.811. The smallest absolute Gasteiger partial charge is 0.406 e. The summed E-state index contributed by atoms with van der Waals surface area (Å²) in [5, 5.41) is 20.5. The molecule has 1 aliphatic rings. The highest BCUT2D eigenvalue weighted by atomic mass is 32.1. The van der Waals surface area contributed by atoms with Crippen LogP contribution in [-0.2, 0) is 11.2 Å². The van der Waals surface area contributed by atoms with Crippen molar-refractivity contribution in [2.24, 2.45) is 5.92 Å². The molecule has 0 spiro atoms. The number of rotatable bonds is 5. The van der Waals surface area contributed by atoms with E-state index < -0.39 is 12.3 Å². The number of piperidine rings is 1. The zero-order chi connectivity index (χ0) is 20.1. The van der Waals surface area contributed by atoms with Gasteiger partial charge in [-0.05, 0) is 30.5 Å². The molecule has 3 rings (SSSR count). The molecular formula is C17H16F3N5O2S. The van der Waals surface area contributed by atoms with Crippen molar-refractivity contribution < 1.29 is 22.7 Å². The molecule has 28 heavy (non-hydrogen) atoms. The molecule has 2 heterocycles. The van der Waals surface area contributed by atoms with E-state index in [1.54, 1.807) is 0 Å². The molecule has 1 aromatic heterocycles. The van der Waals surface area contributed by atoms with Gasteiger partial charge in [0.1, 0.15) is 5.75 Å². The van der Waals surface area contributed by atoms with Crippen molar-refractivity contribution in [3.8, 4) is 11.8 Å². The van der Waals surface area contributed by atoms with Crippen LogP contribution in [-0.4, -0.2) is 35.6 Å². The molecular weight excluding hydrogens is 395 g/mol. The third kappa shape index (κ3) is 5.56. The van der Waals surface area contributed by atoms with Crippen molar-refractivity contribution in [3.63, 3.8) is 0 Å². The second-order valence-corrected chi connectivity index (χ2v) is 7.18. The summed E-state index contributed by atoms with van der Waals surface area (Å²) in [4.78, 5) is 14.1. The molecule has 1 aliphatic heterocycles. The lowest BCUT2D eigenvalue weighted by atomic mass is 10.0. The molecule has 2 aromatic rings. The van der Waals surface area contributed by atoms with Crippen molar-refractivity contribution in [2.45, 2.75) is 25.6 Å². The van der Waals surface area contributed by atoms with E-state index in [1.165, 1.54) is 29.5 Å². The Morgan fingerprint density at radius 2 is 2.25 bits per heavy atom.